The predicted octanol–water partition coefficient (Wildman–Crippen LogP) is 4.66. The van der Waals surface area contributed by atoms with Gasteiger partial charge in [-0.05, 0) is 0 Å². The minimum Gasteiger partial charge on any atom is -0.296 e. The Morgan fingerprint density at radius 2 is 0.950 bits per heavy atom. The third-order valence-corrected chi connectivity index (χ3v) is 4.07. The van der Waals surface area contributed by atoms with Gasteiger partial charge in [-0.25, -0.2) is 13.1 Å². The molecule has 0 saturated heterocycles. The van der Waals surface area contributed by atoms with Crippen LogP contribution in [0.15, 0.2) is 60.7 Å². The molecule has 2 heteroatoms. The van der Waals surface area contributed by atoms with Crippen molar-refractivity contribution in [1.82, 2.24) is 0 Å². The van der Waals surface area contributed by atoms with Gasteiger partial charge >= 0.3 is 11.1 Å². The molecule has 98 valence electrons. The maximum Gasteiger partial charge on any atom is 0.334 e. The highest BCUT2D eigenvalue weighted by Gasteiger charge is 2.60. The number of benzene rings is 2. The van der Waals surface area contributed by atoms with Gasteiger partial charge in [0.05, 0.1) is 0 Å². The van der Waals surface area contributed by atoms with Crippen LogP contribution in [0.3, 0.4) is 0 Å². The average molecular weight is 260 g/mol. The van der Waals surface area contributed by atoms with Gasteiger partial charge in [-0.2, -0.15) is 0 Å². The molecule has 2 rings (SSSR count). The van der Waals surface area contributed by atoms with Crippen molar-refractivity contribution in [3.8, 4) is 0 Å². The molecule has 2 atom stereocenters. The first-order chi connectivity index (χ1) is 9.58. The summed E-state index contributed by atoms with van der Waals surface area (Å²) in [5.41, 5.74) is -0.0935. The second-order valence-electron chi connectivity index (χ2n) is 5.10. The fourth-order valence-corrected chi connectivity index (χ4v) is 2.43. The zero-order valence-electron chi connectivity index (χ0n) is 11.7. The third kappa shape index (κ3) is 1.96. The van der Waals surface area contributed by atoms with E-state index in [0.717, 1.165) is 11.1 Å². The van der Waals surface area contributed by atoms with E-state index in [1.165, 1.54) is 0 Å². The van der Waals surface area contributed by atoms with Crippen LogP contribution in [-0.4, -0.2) is 0 Å². The van der Waals surface area contributed by atoms with Crippen molar-refractivity contribution in [2.45, 2.75) is 24.9 Å². The Hall–Kier alpha value is -2.58. The lowest BCUT2D eigenvalue weighted by molar-refractivity contribution is 0.379. The second-order valence-corrected chi connectivity index (χ2v) is 5.10. The molecule has 2 unspecified atom stereocenters. The van der Waals surface area contributed by atoms with Crippen LogP contribution in [0.25, 0.3) is 9.69 Å². The first kappa shape index (κ1) is 13.8. The molecule has 0 amide bonds. The highest BCUT2D eigenvalue weighted by molar-refractivity contribution is 5.41. The Morgan fingerprint density at radius 3 is 1.20 bits per heavy atom. The number of nitrogens with zero attached hydrogens (tertiary/aromatic N) is 2. The summed E-state index contributed by atoms with van der Waals surface area (Å²) in [6.45, 7) is 19.1. The van der Waals surface area contributed by atoms with E-state index in [1.807, 2.05) is 74.5 Å². The van der Waals surface area contributed by atoms with E-state index in [2.05, 4.69) is 9.69 Å². The van der Waals surface area contributed by atoms with Gasteiger partial charge in [-0.15, -0.1) is 0 Å². The standard InChI is InChI=1S/C18H16N2/c1-17(19-3,15-11-7-5-8-12-15)18(2,20-4)16-13-9-6-10-14-16/h5-14H,1-2H3. The summed E-state index contributed by atoms with van der Waals surface area (Å²) in [6, 6.07) is 19.2. The molecule has 0 radical (unpaired) electrons. The van der Waals surface area contributed by atoms with Crippen molar-refractivity contribution < 1.29 is 0 Å². The Bertz CT molecular complexity index is 603. The highest BCUT2D eigenvalue weighted by atomic mass is 15.0. The van der Waals surface area contributed by atoms with Gasteiger partial charge in [0.2, 0.25) is 0 Å². The topological polar surface area (TPSA) is 8.72 Å². The smallest absolute Gasteiger partial charge is 0.296 e. The van der Waals surface area contributed by atoms with E-state index in [9.17, 15) is 0 Å². The van der Waals surface area contributed by atoms with Crippen LogP contribution < -0.4 is 0 Å². The van der Waals surface area contributed by atoms with Crippen LogP contribution in [0.2, 0.25) is 0 Å². The van der Waals surface area contributed by atoms with Crippen LogP contribution >= 0.6 is 0 Å². The molecule has 0 heterocycles. The lowest BCUT2D eigenvalue weighted by atomic mass is 9.71. The van der Waals surface area contributed by atoms with Gasteiger partial charge in [0.25, 0.3) is 0 Å². The minimum absolute atomic E-state index is 0.873. The summed E-state index contributed by atoms with van der Waals surface area (Å²) in [7, 11) is 0. The summed E-state index contributed by atoms with van der Waals surface area (Å²) in [5, 5.41) is 0. The van der Waals surface area contributed by atoms with Crippen molar-refractivity contribution >= 4 is 0 Å². The Morgan fingerprint density at radius 1 is 0.650 bits per heavy atom. The minimum atomic E-state index is -0.919. The predicted molar refractivity (Wildman–Crippen MR) is 80.8 cm³/mol. The molecule has 0 aliphatic rings. The van der Waals surface area contributed by atoms with Crippen molar-refractivity contribution in [1.29, 1.82) is 0 Å². The number of hydrogen-bond acceptors (Lipinski definition) is 0. The zero-order valence-corrected chi connectivity index (χ0v) is 11.7. The van der Waals surface area contributed by atoms with Gasteiger partial charge < -0.3 is 0 Å². The van der Waals surface area contributed by atoms with Gasteiger partial charge in [0.1, 0.15) is 0 Å². The monoisotopic (exact) mass is 260 g/mol. The molecule has 0 aliphatic carbocycles. The summed E-state index contributed by atoms with van der Waals surface area (Å²) in [5.74, 6) is 0. The second kappa shape index (κ2) is 5.19. The van der Waals surface area contributed by atoms with Crippen LogP contribution in [0.5, 0.6) is 0 Å². The maximum atomic E-state index is 7.68. The van der Waals surface area contributed by atoms with Crippen molar-refractivity contribution in [2.75, 3.05) is 0 Å². The molecule has 0 spiro atoms. The normalized spacial score (nSPS) is 16.2. The molecule has 0 aliphatic heterocycles. The highest BCUT2D eigenvalue weighted by Crippen LogP contribution is 2.46. The molecule has 0 aromatic heterocycles. The lowest BCUT2D eigenvalue weighted by Gasteiger charge is -2.28. The van der Waals surface area contributed by atoms with Crippen LogP contribution in [-0.2, 0) is 11.1 Å². The molecular formula is C18H16N2. The molecule has 0 saturated carbocycles. The van der Waals surface area contributed by atoms with E-state index < -0.39 is 11.1 Å². The average Bonchev–Trinajstić information content (AvgIpc) is 2.54. The van der Waals surface area contributed by atoms with E-state index in [-0.39, 0.29) is 0 Å². The summed E-state index contributed by atoms with van der Waals surface area (Å²) in [6.07, 6.45) is 0. The van der Waals surface area contributed by atoms with Crippen molar-refractivity contribution in [3.63, 3.8) is 0 Å². The Kier molecular flexibility index (Phi) is 3.59. The van der Waals surface area contributed by atoms with E-state index in [4.69, 9.17) is 13.1 Å². The molecule has 20 heavy (non-hydrogen) atoms. The molecule has 2 aromatic rings. The van der Waals surface area contributed by atoms with Gasteiger partial charge in [0.15, 0.2) is 0 Å². The van der Waals surface area contributed by atoms with Gasteiger partial charge in [-0.1, -0.05) is 60.7 Å². The van der Waals surface area contributed by atoms with Gasteiger partial charge in [0, 0.05) is 25.0 Å². The molecule has 0 bridgehead atoms. The first-order valence-corrected chi connectivity index (χ1v) is 6.47. The molecular weight excluding hydrogens is 244 g/mol. The Labute approximate surface area is 120 Å². The molecule has 0 fully saturated rings. The fraction of sp³-hybridized carbons (Fsp3) is 0.222. The number of rotatable bonds is 3. The number of hydrogen-bond donors (Lipinski definition) is 0. The molecule has 0 N–H and O–H groups in total. The quantitative estimate of drug-likeness (QED) is 0.710. The Balaban J connectivity index is 2.66. The largest absolute Gasteiger partial charge is 0.334 e. The zero-order chi connectivity index (χ0) is 14.6. The van der Waals surface area contributed by atoms with Crippen LogP contribution in [0, 0.1) is 13.1 Å². The maximum absolute atomic E-state index is 7.68. The summed E-state index contributed by atoms with van der Waals surface area (Å²) < 4.78 is 0. The van der Waals surface area contributed by atoms with Crippen molar-refractivity contribution in [2.24, 2.45) is 0 Å². The SMILES string of the molecule is [C-]#[N+]C(C)(c1ccccc1)C(C)([N+]#[C-])c1ccccc1. The van der Waals surface area contributed by atoms with Gasteiger partial charge in [-0.3, -0.25) is 9.69 Å². The van der Waals surface area contributed by atoms with E-state index in [0.29, 0.717) is 0 Å². The lowest BCUT2D eigenvalue weighted by Crippen LogP contribution is -2.40. The van der Waals surface area contributed by atoms with E-state index >= 15 is 0 Å². The fourth-order valence-electron chi connectivity index (χ4n) is 2.43. The first-order valence-electron chi connectivity index (χ1n) is 6.47. The van der Waals surface area contributed by atoms with Crippen LogP contribution in [0.1, 0.15) is 25.0 Å². The molecule has 2 aromatic carbocycles. The van der Waals surface area contributed by atoms with E-state index in [1.54, 1.807) is 0 Å². The molecule has 2 nitrogen and oxygen atoms in total. The van der Waals surface area contributed by atoms with Crippen molar-refractivity contribution in [3.05, 3.63) is 94.6 Å². The summed E-state index contributed by atoms with van der Waals surface area (Å²) >= 11 is 0. The summed E-state index contributed by atoms with van der Waals surface area (Å²) in [4.78, 5) is 7.69. The third-order valence-electron chi connectivity index (χ3n) is 4.07. The van der Waals surface area contributed by atoms with Crippen LogP contribution in [0.4, 0.5) is 0 Å².